The number of aromatic carboxylic acids is 1. The van der Waals surface area contributed by atoms with E-state index in [1.54, 1.807) is 17.8 Å². The molecule has 0 unspecified atom stereocenters. The summed E-state index contributed by atoms with van der Waals surface area (Å²) in [6.45, 7) is 6.23. The lowest BCUT2D eigenvalue weighted by Crippen LogP contribution is -2.08. The molecule has 2 aromatic rings. The SMILES string of the molecule is CC(C)=CCn1ncc2c(N)c(C(=O)O)c(C)nc21. The lowest BCUT2D eigenvalue weighted by molar-refractivity contribution is 0.0697. The van der Waals surface area contributed by atoms with Crippen LogP contribution in [0.3, 0.4) is 0 Å². The van der Waals surface area contributed by atoms with Crippen LogP contribution in [0.15, 0.2) is 17.8 Å². The minimum Gasteiger partial charge on any atom is -0.478 e. The smallest absolute Gasteiger partial charge is 0.339 e. The number of rotatable bonds is 3. The maximum Gasteiger partial charge on any atom is 0.339 e. The zero-order valence-electron chi connectivity index (χ0n) is 11.1. The van der Waals surface area contributed by atoms with E-state index in [-0.39, 0.29) is 11.3 Å². The van der Waals surface area contributed by atoms with Crippen LogP contribution in [-0.4, -0.2) is 25.8 Å². The van der Waals surface area contributed by atoms with Gasteiger partial charge in [0.15, 0.2) is 5.65 Å². The molecule has 0 aliphatic rings. The second-order valence-electron chi connectivity index (χ2n) is 4.64. The number of aromatic nitrogens is 3. The van der Waals surface area contributed by atoms with E-state index in [4.69, 9.17) is 10.8 Å². The van der Waals surface area contributed by atoms with Gasteiger partial charge in [-0.2, -0.15) is 5.10 Å². The maximum atomic E-state index is 11.2. The molecule has 19 heavy (non-hydrogen) atoms. The Bertz CT molecular complexity index is 681. The number of nitrogen functional groups attached to an aromatic ring is 1. The van der Waals surface area contributed by atoms with Gasteiger partial charge in [-0.25, -0.2) is 14.5 Å². The lowest BCUT2D eigenvalue weighted by Gasteiger charge is -2.06. The fourth-order valence-electron chi connectivity index (χ4n) is 1.90. The van der Waals surface area contributed by atoms with Crippen LogP contribution in [0.1, 0.15) is 29.9 Å². The monoisotopic (exact) mass is 260 g/mol. The summed E-state index contributed by atoms with van der Waals surface area (Å²) in [5, 5.41) is 13.9. The molecule has 2 heterocycles. The first-order valence-corrected chi connectivity index (χ1v) is 5.90. The molecule has 0 atom stereocenters. The van der Waals surface area contributed by atoms with Crippen molar-refractivity contribution in [3.05, 3.63) is 29.1 Å². The van der Waals surface area contributed by atoms with Gasteiger partial charge >= 0.3 is 5.97 Å². The van der Waals surface area contributed by atoms with E-state index >= 15 is 0 Å². The summed E-state index contributed by atoms with van der Waals surface area (Å²) in [5.74, 6) is -1.07. The Morgan fingerprint density at radius 1 is 1.53 bits per heavy atom. The number of hydrogen-bond acceptors (Lipinski definition) is 4. The van der Waals surface area contributed by atoms with E-state index in [9.17, 15) is 4.79 Å². The number of carboxylic acids is 1. The van der Waals surface area contributed by atoms with E-state index in [1.807, 2.05) is 19.9 Å². The summed E-state index contributed by atoms with van der Waals surface area (Å²) in [6, 6.07) is 0. The van der Waals surface area contributed by atoms with Crippen molar-refractivity contribution in [2.45, 2.75) is 27.3 Å². The van der Waals surface area contributed by atoms with Crippen molar-refractivity contribution in [3.8, 4) is 0 Å². The van der Waals surface area contributed by atoms with Crippen molar-refractivity contribution in [2.24, 2.45) is 0 Å². The van der Waals surface area contributed by atoms with E-state index in [2.05, 4.69) is 10.1 Å². The Morgan fingerprint density at radius 3 is 2.79 bits per heavy atom. The molecule has 0 saturated carbocycles. The van der Waals surface area contributed by atoms with Crippen LogP contribution < -0.4 is 5.73 Å². The Balaban J connectivity index is 2.62. The number of carboxylic acid groups (broad SMARTS) is 1. The summed E-state index contributed by atoms with van der Waals surface area (Å²) in [7, 11) is 0. The van der Waals surface area contributed by atoms with Gasteiger partial charge in [0.1, 0.15) is 5.56 Å². The second kappa shape index (κ2) is 4.72. The van der Waals surface area contributed by atoms with E-state index < -0.39 is 5.97 Å². The van der Waals surface area contributed by atoms with Crippen molar-refractivity contribution in [1.29, 1.82) is 0 Å². The fraction of sp³-hybridized carbons (Fsp3) is 0.308. The number of nitrogens with zero attached hydrogens (tertiary/aromatic N) is 3. The Kier molecular flexibility index (Phi) is 3.25. The molecule has 0 saturated heterocycles. The predicted octanol–water partition coefficient (Wildman–Crippen LogP) is 1.99. The molecule has 0 bridgehead atoms. The third kappa shape index (κ3) is 2.29. The molecular formula is C13H16N4O2. The number of anilines is 1. The van der Waals surface area contributed by atoms with Crippen LogP contribution in [0.4, 0.5) is 5.69 Å². The van der Waals surface area contributed by atoms with Crippen LogP contribution in [0.25, 0.3) is 11.0 Å². The van der Waals surface area contributed by atoms with Gasteiger partial charge in [-0.15, -0.1) is 0 Å². The third-order valence-corrected chi connectivity index (χ3v) is 2.89. The zero-order valence-corrected chi connectivity index (χ0v) is 11.1. The number of fused-ring (bicyclic) bond motifs is 1. The minimum atomic E-state index is -1.07. The molecule has 0 radical (unpaired) electrons. The van der Waals surface area contributed by atoms with Crippen molar-refractivity contribution < 1.29 is 9.90 Å². The molecule has 2 aromatic heterocycles. The van der Waals surface area contributed by atoms with E-state index in [0.717, 1.165) is 0 Å². The molecule has 6 heteroatoms. The summed E-state index contributed by atoms with van der Waals surface area (Å²) in [5.41, 5.74) is 8.36. The number of allylic oxidation sites excluding steroid dienone is 2. The molecule has 0 aliphatic carbocycles. The maximum absolute atomic E-state index is 11.2. The van der Waals surface area contributed by atoms with Gasteiger partial charge in [-0.05, 0) is 20.8 Å². The minimum absolute atomic E-state index is 0.0502. The topological polar surface area (TPSA) is 94.0 Å². The summed E-state index contributed by atoms with van der Waals surface area (Å²) < 4.78 is 1.71. The summed E-state index contributed by atoms with van der Waals surface area (Å²) >= 11 is 0. The summed E-state index contributed by atoms with van der Waals surface area (Å²) in [4.78, 5) is 15.5. The second-order valence-corrected chi connectivity index (χ2v) is 4.64. The first kappa shape index (κ1) is 13.1. The van der Waals surface area contributed by atoms with Crippen LogP contribution >= 0.6 is 0 Å². The molecule has 0 aromatic carbocycles. The Hall–Kier alpha value is -2.37. The van der Waals surface area contributed by atoms with Gasteiger partial charge < -0.3 is 10.8 Å². The van der Waals surface area contributed by atoms with Gasteiger partial charge in [0.2, 0.25) is 0 Å². The van der Waals surface area contributed by atoms with Crippen LogP contribution in [-0.2, 0) is 6.54 Å². The quantitative estimate of drug-likeness (QED) is 0.823. The molecular weight excluding hydrogens is 244 g/mol. The molecule has 2 rings (SSSR count). The highest BCUT2D eigenvalue weighted by Gasteiger charge is 2.18. The van der Waals surface area contributed by atoms with Crippen molar-refractivity contribution in [3.63, 3.8) is 0 Å². The normalized spacial score (nSPS) is 10.7. The molecule has 0 fully saturated rings. The van der Waals surface area contributed by atoms with Crippen LogP contribution in [0.2, 0.25) is 0 Å². The number of aryl methyl sites for hydroxylation is 1. The highest BCUT2D eigenvalue weighted by molar-refractivity contribution is 6.03. The average Bonchev–Trinajstić information content (AvgIpc) is 2.69. The third-order valence-electron chi connectivity index (χ3n) is 2.89. The fourth-order valence-corrected chi connectivity index (χ4v) is 1.90. The van der Waals surface area contributed by atoms with Crippen LogP contribution in [0.5, 0.6) is 0 Å². The molecule has 3 N–H and O–H groups in total. The molecule has 0 spiro atoms. The number of pyridine rings is 1. The van der Waals surface area contributed by atoms with Gasteiger partial charge in [-0.3, -0.25) is 0 Å². The number of nitrogens with two attached hydrogens (primary N) is 1. The zero-order chi connectivity index (χ0) is 14.2. The first-order valence-electron chi connectivity index (χ1n) is 5.90. The van der Waals surface area contributed by atoms with Crippen molar-refractivity contribution in [1.82, 2.24) is 14.8 Å². The molecule has 0 amide bonds. The average molecular weight is 260 g/mol. The Labute approximate surface area is 110 Å². The predicted molar refractivity (Wildman–Crippen MR) is 73.1 cm³/mol. The van der Waals surface area contributed by atoms with Gasteiger partial charge in [0.05, 0.1) is 29.5 Å². The van der Waals surface area contributed by atoms with Crippen LogP contribution in [0, 0.1) is 6.92 Å². The standard InChI is InChI=1S/C13H16N4O2/c1-7(2)4-5-17-12-9(6-15-17)11(14)10(13(18)19)8(3)16-12/h4,6H,5H2,1-3H3,(H2,14,16)(H,18,19). The Morgan fingerprint density at radius 2 is 2.21 bits per heavy atom. The van der Waals surface area contributed by atoms with Gasteiger partial charge in [0, 0.05) is 0 Å². The summed E-state index contributed by atoms with van der Waals surface area (Å²) in [6.07, 6.45) is 3.58. The highest BCUT2D eigenvalue weighted by Crippen LogP contribution is 2.25. The first-order chi connectivity index (χ1) is 8.91. The molecule has 0 aliphatic heterocycles. The van der Waals surface area contributed by atoms with E-state index in [1.165, 1.54) is 5.57 Å². The van der Waals surface area contributed by atoms with E-state index in [0.29, 0.717) is 23.3 Å². The van der Waals surface area contributed by atoms with Crippen molar-refractivity contribution >= 4 is 22.7 Å². The molecule has 100 valence electrons. The number of carbonyl (C=O) groups is 1. The van der Waals surface area contributed by atoms with Gasteiger partial charge in [-0.1, -0.05) is 11.6 Å². The highest BCUT2D eigenvalue weighted by atomic mass is 16.4. The van der Waals surface area contributed by atoms with Gasteiger partial charge in [0.25, 0.3) is 0 Å². The number of hydrogen-bond donors (Lipinski definition) is 2. The molecule has 6 nitrogen and oxygen atoms in total. The van der Waals surface area contributed by atoms with Crippen molar-refractivity contribution in [2.75, 3.05) is 5.73 Å². The lowest BCUT2D eigenvalue weighted by atomic mass is 10.1. The largest absolute Gasteiger partial charge is 0.478 e.